The maximum atomic E-state index is 6.27. The molecule has 0 aliphatic carbocycles. The average molecular weight is 241 g/mol. The van der Waals surface area contributed by atoms with Crippen LogP contribution in [0.4, 0.5) is 0 Å². The fourth-order valence-corrected chi connectivity index (χ4v) is 2.10. The molecule has 0 spiro atoms. The summed E-state index contributed by atoms with van der Waals surface area (Å²) in [6, 6.07) is 16.4. The summed E-state index contributed by atoms with van der Waals surface area (Å²) in [7, 11) is 1.69. The van der Waals surface area contributed by atoms with E-state index in [9.17, 15) is 0 Å². The topological polar surface area (TPSA) is 35.2 Å². The third kappa shape index (κ3) is 2.90. The molecule has 2 rings (SSSR count). The predicted molar refractivity (Wildman–Crippen MR) is 74.8 cm³/mol. The molecule has 1 unspecified atom stereocenters. The van der Waals surface area contributed by atoms with Crippen molar-refractivity contribution in [1.82, 2.24) is 0 Å². The van der Waals surface area contributed by atoms with Gasteiger partial charge in [-0.15, -0.1) is 0 Å². The highest BCUT2D eigenvalue weighted by molar-refractivity contribution is 5.39. The normalized spacial score (nSPS) is 12.2. The van der Waals surface area contributed by atoms with Gasteiger partial charge in [-0.05, 0) is 30.5 Å². The number of methoxy groups -OCH3 is 1. The van der Waals surface area contributed by atoms with Crippen LogP contribution in [0.3, 0.4) is 0 Å². The Hall–Kier alpha value is -1.80. The largest absolute Gasteiger partial charge is 0.496 e. The number of aryl methyl sites for hydroxylation is 1. The molecule has 94 valence electrons. The minimum atomic E-state index is -0.0389. The van der Waals surface area contributed by atoms with Gasteiger partial charge in [0.25, 0.3) is 0 Å². The van der Waals surface area contributed by atoms with Gasteiger partial charge < -0.3 is 10.5 Å². The van der Waals surface area contributed by atoms with Crippen molar-refractivity contribution < 1.29 is 4.74 Å². The molecule has 0 aliphatic rings. The molecular formula is C16H19NO. The molecule has 0 aliphatic heterocycles. The number of hydrogen-bond donors (Lipinski definition) is 1. The summed E-state index contributed by atoms with van der Waals surface area (Å²) in [5.41, 5.74) is 9.76. The molecule has 0 bridgehead atoms. The summed E-state index contributed by atoms with van der Waals surface area (Å²) < 4.78 is 5.40. The lowest BCUT2D eigenvalue weighted by atomic mass is 9.98. The zero-order valence-corrected chi connectivity index (χ0v) is 10.9. The molecule has 0 amide bonds. The van der Waals surface area contributed by atoms with Gasteiger partial charge in [-0.25, -0.2) is 0 Å². The zero-order valence-electron chi connectivity index (χ0n) is 10.9. The lowest BCUT2D eigenvalue weighted by Crippen LogP contribution is -2.14. The minimum Gasteiger partial charge on any atom is -0.496 e. The first-order valence-corrected chi connectivity index (χ1v) is 6.14. The molecule has 0 saturated carbocycles. The highest BCUT2D eigenvalue weighted by Gasteiger charge is 2.12. The van der Waals surface area contributed by atoms with E-state index in [1.165, 1.54) is 11.1 Å². The van der Waals surface area contributed by atoms with Gasteiger partial charge in [0.1, 0.15) is 5.75 Å². The van der Waals surface area contributed by atoms with E-state index in [-0.39, 0.29) is 6.04 Å². The highest BCUT2D eigenvalue weighted by atomic mass is 16.5. The van der Waals surface area contributed by atoms with Crippen LogP contribution in [0, 0.1) is 6.92 Å². The van der Waals surface area contributed by atoms with Gasteiger partial charge in [0.2, 0.25) is 0 Å². The molecule has 0 radical (unpaired) electrons. The molecule has 0 fully saturated rings. The SMILES string of the molecule is COc1cc(C)ccc1C(N)Cc1ccccc1. The van der Waals surface area contributed by atoms with Gasteiger partial charge in [0.05, 0.1) is 7.11 Å². The molecule has 2 aromatic rings. The summed E-state index contributed by atoms with van der Waals surface area (Å²) >= 11 is 0. The molecule has 2 heteroatoms. The van der Waals surface area contributed by atoms with Crippen molar-refractivity contribution in [1.29, 1.82) is 0 Å². The van der Waals surface area contributed by atoms with E-state index < -0.39 is 0 Å². The van der Waals surface area contributed by atoms with Gasteiger partial charge in [0, 0.05) is 11.6 Å². The van der Waals surface area contributed by atoms with E-state index in [1.807, 2.05) is 24.3 Å². The van der Waals surface area contributed by atoms with Crippen molar-refractivity contribution in [2.24, 2.45) is 5.73 Å². The number of nitrogens with two attached hydrogens (primary N) is 1. The first-order chi connectivity index (χ1) is 8.70. The lowest BCUT2D eigenvalue weighted by molar-refractivity contribution is 0.405. The molecule has 1 atom stereocenters. The number of rotatable bonds is 4. The Labute approximate surface area is 108 Å². The Morgan fingerprint density at radius 1 is 1.11 bits per heavy atom. The van der Waals surface area contributed by atoms with Crippen molar-refractivity contribution >= 4 is 0 Å². The summed E-state index contributed by atoms with van der Waals surface area (Å²) in [6.07, 6.45) is 0.820. The van der Waals surface area contributed by atoms with Gasteiger partial charge in [-0.3, -0.25) is 0 Å². The first-order valence-electron chi connectivity index (χ1n) is 6.14. The number of hydrogen-bond acceptors (Lipinski definition) is 2. The third-order valence-corrected chi connectivity index (χ3v) is 3.09. The van der Waals surface area contributed by atoms with Crippen molar-refractivity contribution in [2.45, 2.75) is 19.4 Å². The van der Waals surface area contributed by atoms with Crippen LogP contribution in [0.1, 0.15) is 22.7 Å². The average Bonchev–Trinajstić information content (AvgIpc) is 2.39. The molecule has 2 N–H and O–H groups in total. The molecular weight excluding hydrogens is 222 g/mol. The Kier molecular flexibility index (Phi) is 4.00. The predicted octanol–water partition coefficient (Wildman–Crippen LogP) is 3.25. The smallest absolute Gasteiger partial charge is 0.123 e. The van der Waals surface area contributed by atoms with E-state index in [1.54, 1.807) is 7.11 Å². The van der Waals surface area contributed by atoms with Crippen molar-refractivity contribution in [3.63, 3.8) is 0 Å². The fourth-order valence-electron chi connectivity index (χ4n) is 2.10. The number of ether oxygens (including phenoxy) is 1. The molecule has 18 heavy (non-hydrogen) atoms. The highest BCUT2D eigenvalue weighted by Crippen LogP contribution is 2.27. The second-order valence-electron chi connectivity index (χ2n) is 4.54. The standard InChI is InChI=1S/C16H19NO/c1-12-8-9-14(16(10-12)18-2)15(17)11-13-6-4-3-5-7-13/h3-10,15H,11,17H2,1-2H3. The van der Waals surface area contributed by atoms with Crippen LogP contribution in [-0.4, -0.2) is 7.11 Å². The van der Waals surface area contributed by atoms with Crippen LogP contribution >= 0.6 is 0 Å². The Balaban J connectivity index is 2.21. The summed E-state index contributed by atoms with van der Waals surface area (Å²) in [6.45, 7) is 2.05. The van der Waals surface area contributed by atoms with Crippen LogP contribution in [0.2, 0.25) is 0 Å². The zero-order chi connectivity index (χ0) is 13.0. The minimum absolute atomic E-state index is 0.0389. The first kappa shape index (κ1) is 12.7. The van der Waals surface area contributed by atoms with Crippen molar-refractivity contribution in [3.05, 3.63) is 65.2 Å². The van der Waals surface area contributed by atoms with E-state index in [2.05, 4.69) is 31.2 Å². The molecule has 0 aromatic heterocycles. The number of benzene rings is 2. The van der Waals surface area contributed by atoms with Crippen molar-refractivity contribution in [2.75, 3.05) is 7.11 Å². The van der Waals surface area contributed by atoms with E-state index in [4.69, 9.17) is 10.5 Å². The van der Waals surface area contributed by atoms with E-state index in [0.29, 0.717) is 0 Å². The Morgan fingerprint density at radius 2 is 1.83 bits per heavy atom. The van der Waals surface area contributed by atoms with Gasteiger partial charge in [0.15, 0.2) is 0 Å². The molecule has 0 heterocycles. The third-order valence-electron chi connectivity index (χ3n) is 3.09. The van der Waals surface area contributed by atoms with E-state index >= 15 is 0 Å². The van der Waals surface area contributed by atoms with E-state index in [0.717, 1.165) is 17.7 Å². The van der Waals surface area contributed by atoms with Gasteiger partial charge in [-0.1, -0.05) is 42.5 Å². The van der Waals surface area contributed by atoms with Gasteiger partial charge in [-0.2, -0.15) is 0 Å². The quantitative estimate of drug-likeness (QED) is 0.891. The molecule has 0 saturated heterocycles. The van der Waals surface area contributed by atoms with Crippen LogP contribution in [0.15, 0.2) is 48.5 Å². The maximum Gasteiger partial charge on any atom is 0.123 e. The van der Waals surface area contributed by atoms with Crippen LogP contribution in [-0.2, 0) is 6.42 Å². The summed E-state index contributed by atoms with van der Waals surface area (Å²) in [5.74, 6) is 0.874. The maximum absolute atomic E-state index is 6.27. The van der Waals surface area contributed by atoms with Crippen LogP contribution in [0.5, 0.6) is 5.75 Å². The molecule has 2 aromatic carbocycles. The lowest BCUT2D eigenvalue weighted by Gasteiger charge is -2.16. The molecule has 2 nitrogen and oxygen atoms in total. The van der Waals surface area contributed by atoms with Crippen molar-refractivity contribution in [3.8, 4) is 5.75 Å². The monoisotopic (exact) mass is 241 g/mol. The van der Waals surface area contributed by atoms with Gasteiger partial charge >= 0.3 is 0 Å². The van der Waals surface area contributed by atoms with Crippen LogP contribution in [0.25, 0.3) is 0 Å². The summed E-state index contributed by atoms with van der Waals surface area (Å²) in [4.78, 5) is 0. The summed E-state index contributed by atoms with van der Waals surface area (Å²) in [5, 5.41) is 0. The second-order valence-corrected chi connectivity index (χ2v) is 4.54. The van der Waals surface area contributed by atoms with Crippen LogP contribution < -0.4 is 10.5 Å². The Morgan fingerprint density at radius 3 is 2.50 bits per heavy atom. The second kappa shape index (κ2) is 5.69. The Bertz CT molecular complexity index is 508. The fraction of sp³-hybridized carbons (Fsp3) is 0.250.